The fourth-order valence-corrected chi connectivity index (χ4v) is 2.92. The van der Waals surface area contributed by atoms with Crippen molar-refractivity contribution in [1.29, 1.82) is 0 Å². The van der Waals surface area contributed by atoms with Crippen molar-refractivity contribution in [3.8, 4) is 0 Å². The van der Waals surface area contributed by atoms with Gasteiger partial charge in [0.05, 0.1) is 25.8 Å². The minimum Gasteiger partial charge on any atom is -0.349 e. The van der Waals surface area contributed by atoms with E-state index in [2.05, 4.69) is 35.8 Å². The monoisotopic (exact) mass is 295 g/mol. The number of likely N-dealkylation sites (tertiary alicyclic amines) is 1. The number of hydrogen-bond acceptors (Lipinski definition) is 6. The molecule has 1 aromatic rings. The molecule has 0 N–H and O–H groups in total. The van der Waals surface area contributed by atoms with Gasteiger partial charge >= 0.3 is 0 Å². The molecule has 6 nitrogen and oxygen atoms in total. The van der Waals surface area contributed by atoms with E-state index >= 15 is 0 Å². The number of rotatable bonds is 3. The van der Waals surface area contributed by atoms with Crippen LogP contribution in [0.4, 0.5) is 0 Å². The molecule has 0 aromatic carbocycles. The van der Waals surface area contributed by atoms with Crippen LogP contribution in [0.5, 0.6) is 0 Å². The summed E-state index contributed by atoms with van der Waals surface area (Å²) in [6.45, 7) is 9.37. The van der Waals surface area contributed by atoms with E-state index in [0.29, 0.717) is 31.7 Å². The van der Waals surface area contributed by atoms with Crippen molar-refractivity contribution in [3.63, 3.8) is 0 Å². The second-order valence-corrected chi connectivity index (χ2v) is 6.91. The minimum absolute atomic E-state index is 0.0826. The van der Waals surface area contributed by atoms with Gasteiger partial charge in [-0.3, -0.25) is 4.90 Å². The lowest BCUT2D eigenvalue weighted by molar-refractivity contribution is -0.112. The highest BCUT2D eigenvalue weighted by molar-refractivity contribution is 5.00. The molecular weight excluding hydrogens is 270 g/mol. The maximum Gasteiger partial charge on any atom is 0.240 e. The standard InChI is InChI=1S/C15H25N3O3/c1-15(2,3)14-16-12(21-17-14)10-18-7-5-4-6-11(18)13-19-8-9-20-13/h11,13H,4-10H2,1-3H3. The Hall–Kier alpha value is -0.980. The van der Waals surface area contributed by atoms with Crippen LogP contribution < -0.4 is 0 Å². The first-order chi connectivity index (χ1) is 10.0. The second-order valence-electron chi connectivity index (χ2n) is 6.91. The van der Waals surface area contributed by atoms with Crippen LogP contribution in [0.25, 0.3) is 0 Å². The molecule has 2 fully saturated rings. The van der Waals surface area contributed by atoms with E-state index in [0.717, 1.165) is 18.8 Å². The fourth-order valence-electron chi connectivity index (χ4n) is 2.92. The van der Waals surface area contributed by atoms with Crippen molar-refractivity contribution in [1.82, 2.24) is 15.0 Å². The molecule has 0 amide bonds. The molecule has 3 rings (SSSR count). The van der Waals surface area contributed by atoms with E-state index < -0.39 is 0 Å². The lowest BCUT2D eigenvalue weighted by Crippen LogP contribution is -2.46. The number of ether oxygens (including phenoxy) is 2. The summed E-state index contributed by atoms with van der Waals surface area (Å²) < 4.78 is 16.8. The lowest BCUT2D eigenvalue weighted by atomic mass is 9.96. The highest BCUT2D eigenvalue weighted by Gasteiger charge is 2.34. The van der Waals surface area contributed by atoms with E-state index in [-0.39, 0.29) is 11.7 Å². The summed E-state index contributed by atoms with van der Waals surface area (Å²) in [5.74, 6) is 1.45. The smallest absolute Gasteiger partial charge is 0.240 e. The lowest BCUT2D eigenvalue weighted by Gasteiger charge is -2.36. The van der Waals surface area contributed by atoms with Crippen LogP contribution in [-0.2, 0) is 21.4 Å². The van der Waals surface area contributed by atoms with E-state index in [1.165, 1.54) is 12.8 Å². The molecule has 2 aliphatic heterocycles. The highest BCUT2D eigenvalue weighted by Crippen LogP contribution is 2.26. The molecule has 1 unspecified atom stereocenters. The predicted octanol–water partition coefficient (Wildman–Crippen LogP) is 2.09. The number of piperidine rings is 1. The molecule has 2 aliphatic rings. The van der Waals surface area contributed by atoms with Crippen LogP contribution >= 0.6 is 0 Å². The van der Waals surface area contributed by atoms with E-state index in [9.17, 15) is 0 Å². The molecule has 0 aliphatic carbocycles. The second kappa shape index (κ2) is 6.02. The Morgan fingerprint density at radius 1 is 1.19 bits per heavy atom. The van der Waals surface area contributed by atoms with Crippen LogP contribution in [0.1, 0.15) is 51.7 Å². The fraction of sp³-hybridized carbons (Fsp3) is 0.867. The summed E-state index contributed by atoms with van der Waals surface area (Å²) in [4.78, 5) is 6.90. The van der Waals surface area contributed by atoms with E-state index in [1.807, 2.05) is 0 Å². The van der Waals surface area contributed by atoms with Crippen LogP contribution in [0.3, 0.4) is 0 Å². The molecule has 0 bridgehead atoms. The van der Waals surface area contributed by atoms with Crippen molar-refractivity contribution >= 4 is 0 Å². The van der Waals surface area contributed by atoms with Crippen LogP contribution in [0, 0.1) is 0 Å². The molecule has 21 heavy (non-hydrogen) atoms. The molecule has 6 heteroatoms. The molecule has 1 atom stereocenters. The van der Waals surface area contributed by atoms with Gasteiger partial charge in [-0.05, 0) is 19.4 Å². The molecule has 2 saturated heterocycles. The third kappa shape index (κ3) is 3.44. The van der Waals surface area contributed by atoms with Crippen molar-refractivity contribution in [2.45, 2.75) is 64.3 Å². The van der Waals surface area contributed by atoms with Crippen LogP contribution in [0.2, 0.25) is 0 Å². The Kier molecular flexibility index (Phi) is 4.28. The topological polar surface area (TPSA) is 60.6 Å². The molecular formula is C15H25N3O3. The van der Waals surface area contributed by atoms with Gasteiger partial charge in [0, 0.05) is 5.41 Å². The Labute approximate surface area is 125 Å². The Bertz CT molecular complexity index is 463. The van der Waals surface area contributed by atoms with Gasteiger partial charge in [0.1, 0.15) is 0 Å². The Morgan fingerprint density at radius 3 is 2.62 bits per heavy atom. The normalized spacial score (nSPS) is 25.6. The summed E-state index contributed by atoms with van der Waals surface area (Å²) in [7, 11) is 0. The average molecular weight is 295 g/mol. The van der Waals surface area contributed by atoms with E-state index in [1.54, 1.807) is 0 Å². The first-order valence-corrected chi connectivity index (χ1v) is 7.84. The summed E-state index contributed by atoms with van der Waals surface area (Å²) in [6, 6.07) is 0.297. The maximum absolute atomic E-state index is 5.69. The molecule has 118 valence electrons. The number of hydrogen-bond donors (Lipinski definition) is 0. The molecule has 0 radical (unpaired) electrons. The maximum atomic E-state index is 5.69. The SMILES string of the molecule is CC(C)(C)c1noc(CN2CCCCC2C2OCCO2)n1. The quantitative estimate of drug-likeness (QED) is 0.851. The Balaban J connectivity index is 1.68. The van der Waals surface area contributed by atoms with Gasteiger partial charge in [-0.1, -0.05) is 32.3 Å². The first kappa shape index (κ1) is 14.9. The zero-order chi connectivity index (χ0) is 14.9. The van der Waals surface area contributed by atoms with Gasteiger partial charge in [-0.15, -0.1) is 0 Å². The zero-order valence-electron chi connectivity index (χ0n) is 13.2. The Morgan fingerprint density at radius 2 is 1.95 bits per heavy atom. The van der Waals surface area contributed by atoms with Crippen LogP contribution in [-0.4, -0.2) is 47.1 Å². The first-order valence-electron chi connectivity index (χ1n) is 7.84. The summed E-state index contributed by atoms with van der Waals surface area (Å²) in [5.41, 5.74) is -0.0826. The molecule has 1 aromatic heterocycles. The molecule has 0 spiro atoms. The van der Waals surface area contributed by atoms with Gasteiger partial charge < -0.3 is 14.0 Å². The number of aromatic nitrogens is 2. The van der Waals surface area contributed by atoms with Crippen molar-refractivity contribution in [3.05, 3.63) is 11.7 Å². The third-order valence-corrected chi connectivity index (χ3v) is 4.10. The zero-order valence-corrected chi connectivity index (χ0v) is 13.2. The number of nitrogens with zero attached hydrogens (tertiary/aromatic N) is 3. The van der Waals surface area contributed by atoms with Crippen molar-refractivity contribution in [2.24, 2.45) is 0 Å². The van der Waals surface area contributed by atoms with Crippen molar-refractivity contribution < 1.29 is 14.0 Å². The van der Waals surface area contributed by atoms with Gasteiger partial charge in [-0.25, -0.2) is 0 Å². The largest absolute Gasteiger partial charge is 0.349 e. The predicted molar refractivity (Wildman–Crippen MR) is 76.7 cm³/mol. The van der Waals surface area contributed by atoms with Gasteiger partial charge in [0.15, 0.2) is 12.1 Å². The van der Waals surface area contributed by atoms with Gasteiger partial charge in [0.25, 0.3) is 0 Å². The van der Waals surface area contributed by atoms with E-state index in [4.69, 9.17) is 14.0 Å². The third-order valence-electron chi connectivity index (χ3n) is 4.10. The summed E-state index contributed by atoms with van der Waals surface area (Å²) >= 11 is 0. The average Bonchev–Trinajstić information content (AvgIpc) is 3.09. The van der Waals surface area contributed by atoms with Crippen LogP contribution in [0.15, 0.2) is 4.52 Å². The van der Waals surface area contributed by atoms with Gasteiger partial charge in [0.2, 0.25) is 5.89 Å². The van der Waals surface area contributed by atoms with Crippen molar-refractivity contribution in [2.75, 3.05) is 19.8 Å². The highest BCUT2D eigenvalue weighted by atomic mass is 16.7. The molecule has 3 heterocycles. The van der Waals surface area contributed by atoms with Gasteiger partial charge in [-0.2, -0.15) is 4.98 Å². The summed E-state index contributed by atoms with van der Waals surface area (Å²) in [5, 5.41) is 4.10. The minimum atomic E-state index is -0.102. The molecule has 0 saturated carbocycles. The summed E-state index contributed by atoms with van der Waals surface area (Å²) in [6.07, 6.45) is 3.42.